The molecule has 0 saturated carbocycles. The lowest BCUT2D eigenvalue weighted by atomic mass is 10.1. The number of para-hydroxylation sites is 1. The Hall–Kier alpha value is -2.24. The lowest BCUT2D eigenvalue weighted by Gasteiger charge is -2.19. The first kappa shape index (κ1) is 18.8. The highest BCUT2D eigenvalue weighted by molar-refractivity contribution is 5.91. The second kappa shape index (κ2) is 8.41. The summed E-state index contributed by atoms with van der Waals surface area (Å²) in [5, 5.41) is 8.16. The Labute approximate surface area is 138 Å². The van der Waals surface area contributed by atoms with Crippen molar-refractivity contribution in [2.75, 3.05) is 18.4 Å². The summed E-state index contributed by atoms with van der Waals surface area (Å²) in [4.78, 5) is 23.4. The van der Waals surface area contributed by atoms with Crippen molar-refractivity contribution in [1.29, 1.82) is 0 Å². The number of ether oxygens (including phenoxy) is 1. The van der Waals surface area contributed by atoms with Crippen molar-refractivity contribution >= 4 is 17.8 Å². The molecule has 0 unspecified atom stereocenters. The van der Waals surface area contributed by atoms with Gasteiger partial charge in [-0.15, -0.1) is 0 Å². The maximum absolute atomic E-state index is 11.9. The first-order chi connectivity index (χ1) is 10.7. The Kier molecular flexibility index (Phi) is 6.88. The van der Waals surface area contributed by atoms with Crippen LogP contribution in [0.25, 0.3) is 0 Å². The Balaban J connectivity index is 2.37. The highest BCUT2D eigenvalue weighted by Crippen LogP contribution is 2.20. The molecular weight excluding hydrogens is 294 g/mol. The topological polar surface area (TPSA) is 79.5 Å². The number of anilines is 1. The minimum atomic E-state index is -0.531. The van der Waals surface area contributed by atoms with Gasteiger partial charge in [-0.05, 0) is 45.2 Å². The Bertz CT molecular complexity index is 551. The number of rotatable bonds is 5. The predicted octanol–water partition coefficient (Wildman–Crippen LogP) is 3.20. The van der Waals surface area contributed by atoms with Crippen LogP contribution in [0.15, 0.2) is 18.2 Å². The summed E-state index contributed by atoms with van der Waals surface area (Å²) in [6.45, 7) is 10.0. The number of carbonyl (C=O) groups excluding carboxylic acids is 2. The van der Waals surface area contributed by atoms with Gasteiger partial charge in [-0.2, -0.15) is 0 Å². The van der Waals surface area contributed by atoms with Gasteiger partial charge in [0.25, 0.3) is 0 Å². The summed E-state index contributed by atoms with van der Waals surface area (Å²) in [5.41, 5.74) is 2.42. The highest BCUT2D eigenvalue weighted by atomic mass is 16.6. The van der Waals surface area contributed by atoms with Crippen LogP contribution in [0.4, 0.5) is 15.3 Å². The lowest BCUT2D eigenvalue weighted by Crippen LogP contribution is -2.39. The van der Waals surface area contributed by atoms with E-state index in [-0.39, 0.29) is 6.03 Å². The summed E-state index contributed by atoms with van der Waals surface area (Å²) in [6, 6.07) is 5.63. The molecule has 3 amide bonds. The molecule has 0 aliphatic carbocycles. The molecule has 0 aromatic heterocycles. The molecule has 0 aliphatic rings. The zero-order valence-electron chi connectivity index (χ0n) is 14.6. The zero-order valence-corrected chi connectivity index (χ0v) is 14.6. The van der Waals surface area contributed by atoms with Crippen molar-refractivity contribution in [2.45, 2.75) is 46.6 Å². The van der Waals surface area contributed by atoms with Crippen molar-refractivity contribution in [3.8, 4) is 0 Å². The number of hydrogen-bond donors (Lipinski definition) is 3. The highest BCUT2D eigenvalue weighted by Gasteiger charge is 2.15. The van der Waals surface area contributed by atoms with Gasteiger partial charge in [0.05, 0.1) is 0 Å². The second-order valence-corrected chi connectivity index (χ2v) is 6.27. The average molecular weight is 321 g/mol. The third-order valence-corrected chi connectivity index (χ3v) is 3.06. The molecule has 23 heavy (non-hydrogen) atoms. The van der Waals surface area contributed by atoms with Crippen molar-refractivity contribution in [3.05, 3.63) is 29.3 Å². The minimum absolute atomic E-state index is 0.292. The van der Waals surface area contributed by atoms with Crippen LogP contribution < -0.4 is 16.0 Å². The third-order valence-electron chi connectivity index (χ3n) is 3.06. The minimum Gasteiger partial charge on any atom is -0.444 e. The van der Waals surface area contributed by atoms with E-state index in [9.17, 15) is 9.59 Å². The van der Waals surface area contributed by atoms with E-state index in [2.05, 4.69) is 16.0 Å². The average Bonchev–Trinajstić information content (AvgIpc) is 2.44. The maximum Gasteiger partial charge on any atom is 0.407 e. The Morgan fingerprint density at radius 1 is 1.13 bits per heavy atom. The SMILES string of the molecule is CCc1cccc(C)c1NC(=O)NCCNC(=O)OC(C)(C)C. The normalized spacial score (nSPS) is 10.8. The molecule has 1 aromatic rings. The van der Waals surface area contributed by atoms with Crippen LogP contribution in [-0.2, 0) is 11.2 Å². The fourth-order valence-corrected chi connectivity index (χ4v) is 2.01. The summed E-state index contributed by atoms with van der Waals surface area (Å²) >= 11 is 0. The summed E-state index contributed by atoms with van der Waals surface area (Å²) < 4.78 is 5.11. The molecule has 0 heterocycles. The molecule has 6 nitrogen and oxygen atoms in total. The zero-order chi connectivity index (χ0) is 17.5. The fraction of sp³-hybridized carbons (Fsp3) is 0.529. The molecule has 0 spiro atoms. The van der Waals surface area contributed by atoms with Gasteiger partial charge < -0.3 is 20.7 Å². The van der Waals surface area contributed by atoms with Gasteiger partial charge in [0.1, 0.15) is 5.60 Å². The van der Waals surface area contributed by atoms with E-state index in [1.54, 1.807) is 20.8 Å². The van der Waals surface area contributed by atoms with Gasteiger partial charge in [0, 0.05) is 18.8 Å². The van der Waals surface area contributed by atoms with Crippen LogP contribution in [0.1, 0.15) is 38.8 Å². The van der Waals surface area contributed by atoms with E-state index in [1.807, 2.05) is 32.0 Å². The fourth-order valence-electron chi connectivity index (χ4n) is 2.01. The molecule has 128 valence electrons. The quantitative estimate of drug-likeness (QED) is 0.729. The van der Waals surface area contributed by atoms with Crippen molar-refractivity contribution in [2.24, 2.45) is 0 Å². The molecule has 6 heteroatoms. The molecule has 0 bridgehead atoms. The largest absolute Gasteiger partial charge is 0.444 e. The molecule has 3 N–H and O–H groups in total. The lowest BCUT2D eigenvalue weighted by molar-refractivity contribution is 0.0528. The summed E-state index contributed by atoms with van der Waals surface area (Å²) in [5.74, 6) is 0. The molecule has 1 rings (SSSR count). The number of hydrogen-bond acceptors (Lipinski definition) is 3. The number of benzene rings is 1. The van der Waals surface area contributed by atoms with E-state index in [0.29, 0.717) is 13.1 Å². The van der Waals surface area contributed by atoms with Crippen LogP contribution in [-0.4, -0.2) is 30.8 Å². The van der Waals surface area contributed by atoms with E-state index in [4.69, 9.17) is 4.74 Å². The van der Waals surface area contributed by atoms with Crippen LogP contribution in [0.5, 0.6) is 0 Å². The maximum atomic E-state index is 11.9. The molecule has 0 aliphatic heterocycles. The van der Waals surface area contributed by atoms with Gasteiger partial charge in [-0.25, -0.2) is 9.59 Å². The molecule has 0 fully saturated rings. The van der Waals surface area contributed by atoms with Crippen LogP contribution in [0.2, 0.25) is 0 Å². The first-order valence-corrected chi connectivity index (χ1v) is 7.83. The molecular formula is C17H27N3O3. The van der Waals surface area contributed by atoms with Crippen molar-refractivity contribution < 1.29 is 14.3 Å². The molecule has 0 radical (unpaired) electrons. The first-order valence-electron chi connectivity index (χ1n) is 7.83. The van der Waals surface area contributed by atoms with E-state index < -0.39 is 11.7 Å². The van der Waals surface area contributed by atoms with Crippen molar-refractivity contribution in [3.63, 3.8) is 0 Å². The van der Waals surface area contributed by atoms with Crippen LogP contribution in [0, 0.1) is 6.92 Å². The standard InChI is InChI=1S/C17H27N3O3/c1-6-13-9-7-8-12(2)14(13)20-15(21)18-10-11-19-16(22)23-17(3,4)5/h7-9H,6,10-11H2,1-5H3,(H,19,22)(H2,18,20,21). The van der Waals surface area contributed by atoms with Gasteiger partial charge in [-0.3, -0.25) is 0 Å². The third kappa shape index (κ3) is 7.04. The number of alkyl carbamates (subject to hydrolysis) is 1. The van der Waals surface area contributed by atoms with Gasteiger partial charge >= 0.3 is 12.1 Å². The number of carbonyl (C=O) groups is 2. The van der Waals surface area contributed by atoms with Gasteiger partial charge in [-0.1, -0.05) is 25.1 Å². The Morgan fingerprint density at radius 2 is 1.78 bits per heavy atom. The van der Waals surface area contributed by atoms with Gasteiger partial charge in [0.15, 0.2) is 0 Å². The molecule has 0 saturated heterocycles. The predicted molar refractivity (Wildman–Crippen MR) is 91.8 cm³/mol. The number of amides is 3. The molecule has 1 aromatic carbocycles. The van der Waals surface area contributed by atoms with E-state index in [1.165, 1.54) is 0 Å². The monoisotopic (exact) mass is 321 g/mol. The van der Waals surface area contributed by atoms with Crippen LogP contribution in [0.3, 0.4) is 0 Å². The number of aryl methyl sites for hydroxylation is 2. The van der Waals surface area contributed by atoms with E-state index >= 15 is 0 Å². The van der Waals surface area contributed by atoms with Crippen LogP contribution >= 0.6 is 0 Å². The molecule has 0 atom stereocenters. The summed E-state index contributed by atoms with van der Waals surface area (Å²) in [7, 11) is 0. The number of urea groups is 1. The second-order valence-electron chi connectivity index (χ2n) is 6.27. The summed E-state index contributed by atoms with van der Waals surface area (Å²) in [6.07, 6.45) is 0.351. The number of nitrogens with one attached hydrogen (secondary N) is 3. The smallest absolute Gasteiger partial charge is 0.407 e. The van der Waals surface area contributed by atoms with Gasteiger partial charge in [0.2, 0.25) is 0 Å². The Morgan fingerprint density at radius 3 is 2.39 bits per heavy atom. The van der Waals surface area contributed by atoms with Crippen molar-refractivity contribution in [1.82, 2.24) is 10.6 Å². The van der Waals surface area contributed by atoms with E-state index in [0.717, 1.165) is 23.2 Å².